The first-order valence-electron chi connectivity index (χ1n) is 10.2. The van der Waals surface area contributed by atoms with Crippen LogP contribution in [0.3, 0.4) is 0 Å². The Kier molecular flexibility index (Phi) is 4.60. The van der Waals surface area contributed by atoms with Crippen molar-refractivity contribution < 1.29 is 0 Å². The van der Waals surface area contributed by atoms with Crippen LogP contribution in [0.25, 0.3) is 10.9 Å². The lowest BCUT2D eigenvalue weighted by Gasteiger charge is -2.37. The van der Waals surface area contributed by atoms with E-state index in [0.29, 0.717) is 5.56 Å². The molecule has 7 heteroatoms. The molecule has 2 fully saturated rings. The van der Waals surface area contributed by atoms with Crippen LogP contribution in [0.5, 0.6) is 0 Å². The molecule has 3 aromatic rings. The van der Waals surface area contributed by atoms with Crippen LogP contribution in [0.15, 0.2) is 42.9 Å². The number of benzene rings is 1. The Morgan fingerprint density at radius 3 is 2.17 bits per heavy atom. The van der Waals surface area contributed by atoms with E-state index in [1.54, 1.807) is 12.5 Å². The third kappa shape index (κ3) is 3.31. The molecule has 0 saturated carbocycles. The normalized spacial score (nSPS) is 17.0. The van der Waals surface area contributed by atoms with Crippen molar-refractivity contribution in [2.24, 2.45) is 0 Å². The predicted molar refractivity (Wildman–Crippen MR) is 114 cm³/mol. The molecule has 29 heavy (non-hydrogen) atoms. The standard InChI is InChI=1S/C22H23N7/c23-14-17-15-24-19-6-2-1-5-18(19)22(17)29-11-9-28(10-12-29)21-13-20(25-16-26-21)27-7-3-4-8-27/h1-2,5-6,13,15-16H,3-4,7-12H2. The minimum atomic E-state index is 0.635. The van der Waals surface area contributed by atoms with Gasteiger partial charge in [-0.1, -0.05) is 18.2 Å². The number of rotatable bonds is 3. The van der Waals surface area contributed by atoms with Gasteiger partial charge in [-0.05, 0) is 18.9 Å². The van der Waals surface area contributed by atoms with Crippen LogP contribution in [0.4, 0.5) is 17.3 Å². The van der Waals surface area contributed by atoms with Crippen molar-refractivity contribution in [3.63, 3.8) is 0 Å². The first-order valence-corrected chi connectivity index (χ1v) is 10.2. The van der Waals surface area contributed by atoms with E-state index < -0.39 is 0 Å². The van der Waals surface area contributed by atoms with Crippen LogP contribution >= 0.6 is 0 Å². The topological polar surface area (TPSA) is 72.2 Å². The third-order valence-electron chi connectivity index (χ3n) is 5.86. The van der Waals surface area contributed by atoms with Crippen LogP contribution < -0.4 is 14.7 Å². The van der Waals surface area contributed by atoms with Gasteiger partial charge in [-0.3, -0.25) is 4.98 Å². The molecule has 0 aliphatic carbocycles. The average molecular weight is 385 g/mol. The van der Waals surface area contributed by atoms with Gasteiger partial charge >= 0.3 is 0 Å². The Morgan fingerprint density at radius 1 is 0.793 bits per heavy atom. The quantitative estimate of drug-likeness (QED) is 0.686. The van der Waals surface area contributed by atoms with Gasteiger partial charge in [0.1, 0.15) is 24.0 Å². The Labute approximate surface area is 170 Å². The Morgan fingerprint density at radius 2 is 1.45 bits per heavy atom. The van der Waals surface area contributed by atoms with Crippen molar-refractivity contribution in [3.05, 3.63) is 48.4 Å². The van der Waals surface area contributed by atoms with E-state index in [1.165, 1.54) is 12.8 Å². The number of hydrogen-bond donors (Lipinski definition) is 0. The molecular weight excluding hydrogens is 362 g/mol. The maximum Gasteiger partial charge on any atom is 0.134 e. The van der Waals surface area contributed by atoms with Gasteiger partial charge in [0.2, 0.25) is 0 Å². The van der Waals surface area contributed by atoms with Crippen LogP contribution in [0, 0.1) is 11.3 Å². The number of pyridine rings is 1. The molecule has 146 valence electrons. The predicted octanol–water partition coefficient (Wildman–Crippen LogP) is 2.82. The number of piperazine rings is 1. The summed E-state index contributed by atoms with van der Waals surface area (Å²) in [4.78, 5) is 20.4. The number of anilines is 3. The highest BCUT2D eigenvalue weighted by Crippen LogP contribution is 2.31. The molecule has 0 N–H and O–H groups in total. The van der Waals surface area contributed by atoms with E-state index in [4.69, 9.17) is 0 Å². The van der Waals surface area contributed by atoms with E-state index in [2.05, 4.69) is 47.9 Å². The molecule has 2 aliphatic rings. The maximum atomic E-state index is 9.62. The highest BCUT2D eigenvalue weighted by molar-refractivity contribution is 5.94. The summed E-state index contributed by atoms with van der Waals surface area (Å²) in [7, 11) is 0. The molecule has 5 rings (SSSR count). The van der Waals surface area contributed by atoms with Crippen LogP contribution in [0.2, 0.25) is 0 Å². The van der Waals surface area contributed by atoms with E-state index in [9.17, 15) is 5.26 Å². The van der Waals surface area contributed by atoms with Crippen molar-refractivity contribution in [3.8, 4) is 6.07 Å². The molecule has 0 spiro atoms. The SMILES string of the molecule is N#Cc1cnc2ccccc2c1N1CCN(c2cc(N3CCCC3)ncn2)CC1. The largest absolute Gasteiger partial charge is 0.366 e. The number of para-hydroxylation sites is 1. The van der Waals surface area contributed by atoms with Gasteiger partial charge in [0, 0.05) is 56.9 Å². The molecule has 1 aromatic carbocycles. The molecule has 0 bridgehead atoms. The van der Waals surface area contributed by atoms with Gasteiger partial charge in [-0.25, -0.2) is 9.97 Å². The summed E-state index contributed by atoms with van der Waals surface area (Å²) in [5.41, 5.74) is 2.56. The summed E-state index contributed by atoms with van der Waals surface area (Å²) in [5, 5.41) is 10.7. The Balaban J connectivity index is 1.37. The molecule has 2 aromatic heterocycles. The number of nitriles is 1. The molecular formula is C22H23N7. The number of fused-ring (bicyclic) bond motifs is 1. The zero-order chi connectivity index (χ0) is 19.6. The zero-order valence-corrected chi connectivity index (χ0v) is 16.3. The fourth-order valence-corrected chi connectivity index (χ4v) is 4.34. The van der Waals surface area contributed by atoms with Crippen molar-refractivity contribution in [1.29, 1.82) is 5.26 Å². The van der Waals surface area contributed by atoms with Gasteiger partial charge in [0.25, 0.3) is 0 Å². The van der Waals surface area contributed by atoms with Crippen molar-refractivity contribution >= 4 is 28.2 Å². The molecule has 0 atom stereocenters. The molecule has 0 radical (unpaired) electrons. The maximum absolute atomic E-state index is 9.62. The minimum Gasteiger partial charge on any atom is -0.366 e. The van der Waals surface area contributed by atoms with Crippen molar-refractivity contribution in [2.45, 2.75) is 12.8 Å². The summed E-state index contributed by atoms with van der Waals surface area (Å²) in [6.07, 6.45) is 5.84. The minimum absolute atomic E-state index is 0.635. The second-order valence-electron chi connectivity index (χ2n) is 7.55. The van der Waals surface area contributed by atoms with Crippen molar-refractivity contribution in [2.75, 3.05) is 54.0 Å². The highest BCUT2D eigenvalue weighted by atomic mass is 15.3. The average Bonchev–Trinajstić information content (AvgIpc) is 3.34. The lowest BCUT2D eigenvalue weighted by Crippen LogP contribution is -2.47. The fourth-order valence-electron chi connectivity index (χ4n) is 4.34. The fraction of sp³-hybridized carbons (Fsp3) is 0.364. The van der Waals surface area contributed by atoms with E-state index in [-0.39, 0.29) is 0 Å². The van der Waals surface area contributed by atoms with Crippen LogP contribution in [-0.2, 0) is 0 Å². The van der Waals surface area contributed by atoms with Crippen LogP contribution in [0.1, 0.15) is 18.4 Å². The van der Waals surface area contributed by atoms with Gasteiger partial charge in [0.05, 0.1) is 16.8 Å². The lowest BCUT2D eigenvalue weighted by molar-refractivity contribution is 0.647. The summed E-state index contributed by atoms with van der Waals surface area (Å²) < 4.78 is 0. The lowest BCUT2D eigenvalue weighted by atomic mass is 10.1. The number of nitrogens with zero attached hydrogens (tertiary/aromatic N) is 7. The van der Waals surface area contributed by atoms with Gasteiger partial charge < -0.3 is 14.7 Å². The Hall–Kier alpha value is -3.40. The third-order valence-corrected chi connectivity index (χ3v) is 5.86. The van der Waals surface area contributed by atoms with E-state index in [1.807, 2.05) is 18.2 Å². The monoisotopic (exact) mass is 385 g/mol. The smallest absolute Gasteiger partial charge is 0.134 e. The van der Waals surface area contributed by atoms with Gasteiger partial charge in [-0.15, -0.1) is 0 Å². The highest BCUT2D eigenvalue weighted by Gasteiger charge is 2.23. The molecule has 2 saturated heterocycles. The number of hydrogen-bond acceptors (Lipinski definition) is 7. The van der Waals surface area contributed by atoms with Crippen molar-refractivity contribution in [1.82, 2.24) is 15.0 Å². The van der Waals surface area contributed by atoms with E-state index >= 15 is 0 Å². The zero-order valence-electron chi connectivity index (χ0n) is 16.3. The summed E-state index contributed by atoms with van der Waals surface area (Å²) >= 11 is 0. The second kappa shape index (κ2) is 7.55. The number of aromatic nitrogens is 3. The first-order chi connectivity index (χ1) is 14.3. The molecule has 7 nitrogen and oxygen atoms in total. The Bertz CT molecular complexity index is 1060. The summed E-state index contributed by atoms with van der Waals surface area (Å²) in [6, 6.07) is 12.5. The molecule has 0 unspecified atom stereocenters. The van der Waals surface area contributed by atoms with Gasteiger partial charge in [-0.2, -0.15) is 5.26 Å². The summed E-state index contributed by atoms with van der Waals surface area (Å²) in [6.45, 7) is 5.56. The summed E-state index contributed by atoms with van der Waals surface area (Å²) in [5.74, 6) is 2.02. The van der Waals surface area contributed by atoms with E-state index in [0.717, 1.165) is 67.5 Å². The molecule has 0 amide bonds. The molecule has 2 aliphatic heterocycles. The van der Waals surface area contributed by atoms with Crippen LogP contribution in [-0.4, -0.2) is 54.2 Å². The molecule has 4 heterocycles. The second-order valence-corrected chi connectivity index (χ2v) is 7.55. The first kappa shape index (κ1) is 17.7. The van der Waals surface area contributed by atoms with Gasteiger partial charge in [0.15, 0.2) is 0 Å².